The molecule has 1 heterocycles. The summed E-state index contributed by atoms with van der Waals surface area (Å²) in [7, 11) is 0. The number of amides is 1. The molecule has 0 saturated heterocycles. The Bertz CT molecular complexity index is 973. The summed E-state index contributed by atoms with van der Waals surface area (Å²) in [5, 5.41) is 4.00. The Hall–Kier alpha value is -2.31. The lowest BCUT2D eigenvalue weighted by Gasteiger charge is -2.15. The third-order valence-corrected chi connectivity index (χ3v) is 5.34. The van der Waals surface area contributed by atoms with Crippen LogP contribution in [0.25, 0.3) is 10.2 Å². The maximum atomic E-state index is 12.5. The Kier molecular flexibility index (Phi) is 6.75. The monoisotopic (exact) mass is 418 g/mol. The van der Waals surface area contributed by atoms with Crippen molar-refractivity contribution in [3.05, 3.63) is 47.0 Å². The van der Waals surface area contributed by atoms with Crippen LogP contribution in [0, 0.1) is 6.92 Å². The molecular formula is C21H23ClN2O3S. The van der Waals surface area contributed by atoms with Crippen molar-refractivity contribution in [1.82, 2.24) is 4.98 Å². The molecule has 0 bridgehead atoms. The minimum Gasteiger partial charge on any atom is -0.494 e. The summed E-state index contributed by atoms with van der Waals surface area (Å²) in [6, 6.07) is 11.1. The van der Waals surface area contributed by atoms with Crippen LogP contribution in [0.5, 0.6) is 11.5 Å². The van der Waals surface area contributed by atoms with Crippen LogP contribution in [0.15, 0.2) is 36.4 Å². The Labute approximate surface area is 173 Å². The van der Waals surface area contributed by atoms with E-state index in [4.69, 9.17) is 21.1 Å². The number of carbonyl (C=O) groups is 1. The van der Waals surface area contributed by atoms with Crippen molar-refractivity contribution < 1.29 is 14.3 Å². The lowest BCUT2D eigenvalue weighted by atomic mass is 10.2. The molecule has 148 valence electrons. The van der Waals surface area contributed by atoms with Gasteiger partial charge in [0, 0.05) is 5.02 Å². The van der Waals surface area contributed by atoms with Gasteiger partial charge in [-0.1, -0.05) is 36.3 Å². The van der Waals surface area contributed by atoms with E-state index in [1.807, 2.05) is 25.1 Å². The van der Waals surface area contributed by atoms with E-state index in [2.05, 4.69) is 17.2 Å². The SMILES string of the molecule is CCCCOc1ccc2nc(NC(=O)C(C)Oc3ccc(Cl)cc3C)sc2c1. The molecule has 0 aliphatic carbocycles. The molecule has 1 atom stereocenters. The van der Waals surface area contributed by atoms with E-state index in [1.165, 1.54) is 11.3 Å². The molecule has 1 unspecified atom stereocenters. The quantitative estimate of drug-likeness (QED) is 0.466. The van der Waals surface area contributed by atoms with Gasteiger partial charge in [-0.2, -0.15) is 0 Å². The van der Waals surface area contributed by atoms with Crippen molar-refractivity contribution >= 4 is 44.2 Å². The second-order valence-electron chi connectivity index (χ2n) is 6.51. The Morgan fingerprint density at radius 3 is 2.86 bits per heavy atom. The van der Waals surface area contributed by atoms with Gasteiger partial charge in [0.1, 0.15) is 11.5 Å². The number of unbranched alkanes of at least 4 members (excludes halogenated alkanes) is 1. The Morgan fingerprint density at radius 2 is 2.11 bits per heavy atom. The van der Waals surface area contributed by atoms with Crippen molar-refractivity contribution in [3.63, 3.8) is 0 Å². The highest BCUT2D eigenvalue weighted by molar-refractivity contribution is 7.22. The molecule has 0 saturated carbocycles. The third kappa shape index (κ3) is 5.14. The summed E-state index contributed by atoms with van der Waals surface area (Å²) in [4.78, 5) is 17.0. The molecule has 0 aliphatic rings. The fourth-order valence-electron chi connectivity index (χ4n) is 2.58. The number of aryl methyl sites for hydroxylation is 1. The number of hydrogen-bond acceptors (Lipinski definition) is 5. The molecule has 0 aliphatic heterocycles. The van der Waals surface area contributed by atoms with Crippen LogP contribution in [0.3, 0.4) is 0 Å². The molecule has 1 aromatic heterocycles. The van der Waals surface area contributed by atoms with Crippen LogP contribution in [0.1, 0.15) is 32.3 Å². The molecule has 2 aromatic carbocycles. The number of nitrogens with one attached hydrogen (secondary N) is 1. The van der Waals surface area contributed by atoms with Crippen LogP contribution in [0.2, 0.25) is 5.02 Å². The number of nitrogens with zero attached hydrogens (tertiary/aromatic N) is 1. The normalized spacial score (nSPS) is 12.0. The number of aromatic nitrogens is 1. The number of carbonyl (C=O) groups excluding carboxylic acids is 1. The summed E-state index contributed by atoms with van der Waals surface area (Å²) in [5.74, 6) is 1.19. The van der Waals surface area contributed by atoms with Crippen molar-refractivity contribution in [2.45, 2.75) is 39.7 Å². The van der Waals surface area contributed by atoms with E-state index in [9.17, 15) is 4.79 Å². The fraction of sp³-hybridized carbons (Fsp3) is 0.333. The number of benzene rings is 2. The number of thiazole rings is 1. The zero-order chi connectivity index (χ0) is 20.1. The maximum Gasteiger partial charge on any atom is 0.266 e. The molecule has 0 fully saturated rings. The summed E-state index contributed by atoms with van der Waals surface area (Å²) in [6.45, 7) is 6.42. The van der Waals surface area contributed by atoms with Gasteiger partial charge in [0.15, 0.2) is 11.2 Å². The van der Waals surface area contributed by atoms with Crippen molar-refractivity contribution in [2.24, 2.45) is 0 Å². The largest absolute Gasteiger partial charge is 0.494 e. The van der Waals surface area contributed by atoms with Gasteiger partial charge in [0.05, 0.1) is 16.8 Å². The first-order valence-electron chi connectivity index (χ1n) is 9.23. The average molecular weight is 419 g/mol. The molecule has 1 amide bonds. The smallest absolute Gasteiger partial charge is 0.266 e. The molecular weight excluding hydrogens is 396 g/mol. The van der Waals surface area contributed by atoms with Crippen molar-refractivity contribution in [3.8, 4) is 11.5 Å². The zero-order valence-corrected chi connectivity index (χ0v) is 17.7. The third-order valence-electron chi connectivity index (χ3n) is 4.17. The second-order valence-corrected chi connectivity index (χ2v) is 7.98. The number of halogens is 1. The van der Waals surface area contributed by atoms with E-state index in [1.54, 1.807) is 25.1 Å². The van der Waals surface area contributed by atoms with Gasteiger partial charge < -0.3 is 9.47 Å². The summed E-state index contributed by atoms with van der Waals surface area (Å²) < 4.78 is 12.5. The van der Waals surface area contributed by atoms with Crippen LogP contribution < -0.4 is 14.8 Å². The highest BCUT2D eigenvalue weighted by Gasteiger charge is 2.18. The Balaban J connectivity index is 1.64. The highest BCUT2D eigenvalue weighted by Crippen LogP contribution is 2.30. The average Bonchev–Trinajstić information content (AvgIpc) is 3.05. The lowest BCUT2D eigenvalue weighted by Crippen LogP contribution is -2.30. The predicted octanol–water partition coefficient (Wildman–Crippen LogP) is 5.84. The molecule has 28 heavy (non-hydrogen) atoms. The van der Waals surface area contributed by atoms with Crippen molar-refractivity contribution in [2.75, 3.05) is 11.9 Å². The molecule has 1 N–H and O–H groups in total. The topological polar surface area (TPSA) is 60.5 Å². The van der Waals surface area contributed by atoms with E-state index in [0.717, 1.165) is 34.4 Å². The number of fused-ring (bicyclic) bond motifs is 1. The molecule has 5 nitrogen and oxygen atoms in total. The summed E-state index contributed by atoms with van der Waals surface area (Å²) >= 11 is 7.37. The van der Waals surface area contributed by atoms with Gasteiger partial charge in [-0.25, -0.2) is 4.98 Å². The minimum atomic E-state index is -0.667. The van der Waals surface area contributed by atoms with Crippen LogP contribution in [-0.4, -0.2) is 23.6 Å². The van der Waals surface area contributed by atoms with Gasteiger partial charge in [-0.15, -0.1) is 0 Å². The van der Waals surface area contributed by atoms with Crippen molar-refractivity contribution in [1.29, 1.82) is 0 Å². The highest BCUT2D eigenvalue weighted by atomic mass is 35.5. The van der Waals surface area contributed by atoms with Crippen LogP contribution in [-0.2, 0) is 4.79 Å². The zero-order valence-electron chi connectivity index (χ0n) is 16.1. The summed E-state index contributed by atoms with van der Waals surface area (Å²) in [5.41, 5.74) is 1.70. The first kappa shape index (κ1) is 20.4. The van der Waals surface area contributed by atoms with Gasteiger partial charge in [-0.3, -0.25) is 10.1 Å². The number of anilines is 1. The molecule has 0 radical (unpaired) electrons. The van der Waals surface area contributed by atoms with E-state index in [-0.39, 0.29) is 5.91 Å². The van der Waals surface area contributed by atoms with E-state index >= 15 is 0 Å². The number of rotatable bonds is 8. The first-order valence-corrected chi connectivity index (χ1v) is 10.4. The lowest BCUT2D eigenvalue weighted by molar-refractivity contribution is -0.122. The van der Waals surface area contributed by atoms with E-state index in [0.29, 0.717) is 22.5 Å². The molecule has 7 heteroatoms. The molecule has 0 spiro atoms. The van der Waals surface area contributed by atoms with Gasteiger partial charge >= 0.3 is 0 Å². The molecule has 3 rings (SSSR count). The summed E-state index contributed by atoms with van der Waals surface area (Å²) in [6.07, 6.45) is 1.45. The maximum absolute atomic E-state index is 12.5. The standard InChI is InChI=1S/C21H23ClN2O3S/c1-4-5-10-26-16-7-8-17-19(12-16)28-21(23-17)24-20(25)14(3)27-18-9-6-15(22)11-13(18)2/h6-9,11-12,14H,4-5,10H2,1-3H3,(H,23,24,25). The van der Waals surface area contributed by atoms with Gasteiger partial charge in [-0.05, 0) is 62.2 Å². The fourth-order valence-corrected chi connectivity index (χ4v) is 3.70. The number of ether oxygens (including phenoxy) is 2. The van der Waals surface area contributed by atoms with E-state index < -0.39 is 6.10 Å². The minimum absolute atomic E-state index is 0.257. The first-order chi connectivity index (χ1) is 13.5. The van der Waals surface area contributed by atoms with Crippen LogP contribution in [0.4, 0.5) is 5.13 Å². The predicted molar refractivity (Wildman–Crippen MR) is 115 cm³/mol. The van der Waals surface area contributed by atoms with Gasteiger partial charge in [0.25, 0.3) is 5.91 Å². The second kappa shape index (κ2) is 9.26. The number of hydrogen-bond donors (Lipinski definition) is 1. The van der Waals surface area contributed by atoms with Crippen LogP contribution >= 0.6 is 22.9 Å². The molecule has 3 aromatic rings. The van der Waals surface area contributed by atoms with Gasteiger partial charge in [0.2, 0.25) is 0 Å². The Morgan fingerprint density at radius 1 is 1.29 bits per heavy atom.